The molecule has 0 aliphatic heterocycles. The van der Waals surface area contributed by atoms with Crippen molar-refractivity contribution in [1.29, 1.82) is 0 Å². The molecule has 0 radical (unpaired) electrons. The smallest absolute Gasteiger partial charge is 0.291 e. The monoisotopic (exact) mass is 397 g/mol. The van der Waals surface area contributed by atoms with E-state index in [0.717, 1.165) is 12.1 Å². The molecule has 1 unspecified atom stereocenters. The number of aromatic nitrogens is 3. The van der Waals surface area contributed by atoms with E-state index in [-0.39, 0.29) is 17.8 Å². The fourth-order valence-electron chi connectivity index (χ4n) is 2.93. The third-order valence-electron chi connectivity index (χ3n) is 4.59. The number of hydrogen-bond acceptors (Lipinski definition) is 4. The molecule has 1 amide bonds. The first-order chi connectivity index (χ1) is 13.4. The number of halogens is 1. The molecule has 0 fully saturated rings. The number of aryl methyl sites for hydroxylation is 1. The SMILES string of the molecule is Cc1nc(C(=O)NCC(Cc2ccccc2)N(C)C)nn1-c1ccc(Cl)cc1. The Morgan fingerprint density at radius 1 is 1.14 bits per heavy atom. The first-order valence-corrected chi connectivity index (χ1v) is 9.50. The van der Waals surface area contributed by atoms with Crippen molar-refractivity contribution >= 4 is 17.5 Å². The largest absolute Gasteiger partial charge is 0.348 e. The van der Waals surface area contributed by atoms with Gasteiger partial charge in [-0.1, -0.05) is 41.9 Å². The van der Waals surface area contributed by atoms with Crippen LogP contribution in [0.1, 0.15) is 22.0 Å². The highest BCUT2D eigenvalue weighted by molar-refractivity contribution is 6.30. The van der Waals surface area contributed by atoms with Crippen LogP contribution in [0.15, 0.2) is 54.6 Å². The average molecular weight is 398 g/mol. The normalized spacial score (nSPS) is 12.2. The molecule has 6 nitrogen and oxygen atoms in total. The summed E-state index contributed by atoms with van der Waals surface area (Å²) in [4.78, 5) is 19.0. The third-order valence-corrected chi connectivity index (χ3v) is 4.84. The molecule has 146 valence electrons. The number of likely N-dealkylation sites (N-methyl/N-ethyl adjacent to an activating group) is 1. The summed E-state index contributed by atoms with van der Waals surface area (Å²) >= 11 is 5.94. The van der Waals surface area contributed by atoms with Gasteiger partial charge in [-0.05, 0) is 57.3 Å². The van der Waals surface area contributed by atoms with Gasteiger partial charge in [0.1, 0.15) is 5.82 Å². The van der Waals surface area contributed by atoms with E-state index in [1.54, 1.807) is 16.8 Å². The van der Waals surface area contributed by atoms with Crippen molar-refractivity contribution in [2.24, 2.45) is 0 Å². The van der Waals surface area contributed by atoms with E-state index in [1.807, 2.05) is 51.4 Å². The van der Waals surface area contributed by atoms with Gasteiger partial charge in [-0.3, -0.25) is 4.79 Å². The van der Waals surface area contributed by atoms with Crippen molar-refractivity contribution in [2.45, 2.75) is 19.4 Å². The Balaban J connectivity index is 1.67. The van der Waals surface area contributed by atoms with Gasteiger partial charge in [0.2, 0.25) is 5.82 Å². The number of hydrogen-bond donors (Lipinski definition) is 1. The number of nitrogens with zero attached hydrogens (tertiary/aromatic N) is 4. The second kappa shape index (κ2) is 8.99. The predicted molar refractivity (Wildman–Crippen MR) is 111 cm³/mol. The summed E-state index contributed by atoms with van der Waals surface area (Å²) in [5.41, 5.74) is 2.04. The van der Waals surface area contributed by atoms with Gasteiger partial charge in [0, 0.05) is 17.6 Å². The van der Waals surface area contributed by atoms with Crippen LogP contribution in [-0.4, -0.2) is 52.3 Å². The topological polar surface area (TPSA) is 63.1 Å². The van der Waals surface area contributed by atoms with Crippen LogP contribution in [0.3, 0.4) is 0 Å². The fraction of sp³-hybridized carbons (Fsp3) is 0.286. The highest BCUT2D eigenvalue weighted by atomic mass is 35.5. The summed E-state index contributed by atoms with van der Waals surface area (Å²) in [6.07, 6.45) is 0.847. The molecule has 1 atom stereocenters. The number of amides is 1. The van der Waals surface area contributed by atoms with Crippen molar-refractivity contribution in [3.8, 4) is 5.69 Å². The number of carbonyl (C=O) groups excluding carboxylic acids is 1. The lowest BCUT2D eigenvalue weighted by Gasteiger charge is -2.24. The van der Waals surface area contributed by atoms with E-state index in [1.165, 1.54) is 5.56 Å². The number of nitrogens with one attached hydrogen (secondary N) is 1. The predicted octanol–water partition coefficient (Wildman–Crippen LogP) is 3.13. The molecule has 0 spiro atoms. The number of rotatable bonds is 7. The van der Waals surface area contributed by atoms with Gasteiger partial charge < -0.3 is 10.2 Å². The lowest BCUT2D eigenvalue weighted by molar-refractivity contribution is 0.0931. The van der Waals surface area contributed by atoms with Crippen LogP contribution >= 0.6 is 11.6 Å². The van der Waals surface area contributed by atoms with E-state index in [2.05, 4.69) is 32.4 Å². The Hall–Kier alpha value is -2.70. The molecule has 1 aromatic heterocycles. The summed E-state index contributed by atoms with van der Waals surface area (Å²) in [6, 6.07) is 17.7. The van der Waals surface area contributed by atoms with E-state index >= 15 is 0 Å². The summed E-state index contributed by atoms with van der Waals surface area (Å²) in [6.45, 7) is 2.33. The molecule has 0 aliphatic carbocycles. The molecule has 0 saturated carbocycles. The maximum Gasteiger partial charge on any atom is 0.291 e. The Morgan fingerprint density at radius 3 is 2.46 bits per heavy atom. The fourth-order valence-corrected chi connectivity index (χ4v) is 3.05. The van der Waals surface area contributed by atoms with Gasteiger partial charge in [0.05, 0.1) is 5.69 Å². The lowest BCUT2D eigenvalue weighted by Crippen LogP contribution is -2.41. The molecule has 3 rings (SSSR count). The summed E-state index contributed by atoms with van der Waals surface area (Å²) in [5.74, 6) is 0.515. The van der Waals surface area contributed by atoms with Gasteiger partial charge in [0.15, 0.2) is 0 Å². The van der Waals surface area contributed by atoms with Crippen LogP contribution in [0.5, 0.6) is 0 Å². The molecular formula is C21H24ClN5O. The Kier molecular flexibility index (Phi) is 6.44. The molecule has 0 saturated heterocycles. The van der Waals surface area contributed by atoms with Crippen LogP contribution in [-0.2, 0) is 6.42 Å². The van der Waals surface area contributed by atoms with Crippen molar-refractivity contribution in [3.63, 3.8) is 0 Å². The van der Waals surface area contributed by atoms with Crippen molar-refractivity contribution in [1.82, 2.24) is 25.0 Å². The maximum absolute atomic E-state index is 12.6. The summed E-state index contributed by atoms with van der Waals surface area (Å²) in [7, 11) is 4.02. The Bertz CT molecular complexity index is 922. The maximum atomic E-state index is 12.6. The highest BCUT2D eigenvalue weighted by Gasteiger charge is 2.18. The Morgan fingerprint density at radius 2 is 1.82 bits per heavy atom. The van der Waals surface area contributed by atoms with Crippen LogP contribution in [0.4, 0.5) is 0 Å². The zero-order valence-corrected chi connectivity index (χ0v) is 17.0. The number of carbonyl (C=O) groups is 1. The zero-order chi connectivity index (χ0) is 20.1. The minimum atomic E-state index is -0.282. The Labute approximate surface area is 170 Å². The van der Waals surface area contributed by atoms with Crippen molar-refractivity contribution in [3.05, 3.63) is 76.8 Å². The first kappa shape index (κ1) is 20.0. The van der Waals surface area contributed by atoms with Crippen LogP contribution in [0.2, 0.25) is 5.02 Å². The number of benzene rings is 2. The third kappa shape index (κ3) is 4.97. The quantitative estimate of drug-likeness (QED) is 0.665. The molecule has 1 heterocycles. The lowest BCUT2D eigenvalue weighted by atomic mass is 10.1. The van der Waals surface area contributed by atoms with E-state index in [0.29, 0.717) is 17.4 Å². The molecule has 2 aromatic carbocycles. The molecule has 7 heteroatoms. The second-order valence-electron chi connectivity index (χ2n) is 6.89. The van der Waals surface area contributed by atoms with Gasteiger partial charge >= 0.3 is 0 Å². The van der Waals surface area contributed by atoms with E-state index < -0.39 is 0 Å². The standard InChI is InChI=1S/C21H24ClN5O/c1-15-24-20(25-27(15)18-11-9-17(22)10-12-18)21(28)23-14-19(26(2)3)13-16-7-5-4-6-8-16/h4-12,19H,13-14H2,1-3H3,(H,23,28). The first-order valence-electron chi connectivity index (χ1n) is 9.12. The molecular weight excluding hydrogens is 374 g/mol. The van der Waals surface area contributed by atoms with Crippen molar-refractivity contribution in [2.75, 3.05) is 20.6 Å². The minimum Gasteiger partial charge on any atom is -0.348 e. The average Bonchev–Trinajstić information content (AvgIpc) is 3.08. The summed E-state index contributed by atoms with van der Waals surface area (Å²) < 4.78 is 1.64. The van der Waals surface area contributed by atoms with Crippen LogP contribution in [0, 0.1) is 6.92 Å². The van der Waals surface area contributed by atoms with Crippen LogP contribution in [0.25, 0.3) is 5.69 Å². The highest BCUT2D eigenvalue weighted by Crippen LogP contribution is 2.14. The van der Waals surface area contributed by atoms with Gasteiger partial charge in [-0.2, -0.15) is 0 Å². The molecule has 28 heavy (non-hydrogen) atoms. The van der Waals surface area contributed by atoms with Gasteiger partial charge in [0.25, 0.3) is 5.91 Å². The zero-order valence-electron chi connectivity index (χ0n) is 16.3. The molecule has 1 N–H and O–H groups in total. The van der Waals surface area contributed by atoms with Crippen LogP contribution < -0.4 is 5.32 Å². The van der Waals surface area contributed by atoms with Gasteiger partial charge in [-0.25, -0.2) is 9.67 Å². The van der Waals surface area contributed by atoms with Crippen molar-refractivity contribution < 1.29 is 4.79 Å². The molecule has 0 bridgehead atoms. The van der Waals surface area contributed by atoms with E-state index in [4.69, 9.17) is 11.6 Å². The second-order valence-corrected chi connectivity index (χ2v) is 7.32. The minimum absolute atomic E-state index is 0.157. The molecule has 3 aromatic rings. The summed E-state index contributed by atoms with van der Waals surface area (Å²) in [5, 5.41) is 7.96. The van der Waals surface area contributed by atoms with E-state index in [9.17, 15) is 4.79 Å². The molecule has 0 aliphatic rings. The van der Waals surface area contributed by atoms with Gasteiger partial charge in [-0.15, -0.1) is 5.10 Å².